The highest BCUT2D eigenvalue weighted by molar-refractivity contribution is 7.86. The third-order valence-corrected chi connectivity index (χ3v) is 4.83. The number of hydrogen-bond donors (Lipinski definition) is 0. The summed E-state index contributed by atoms with van der Waals surface area (Å²) in [6.07, 6.45) is 1.30. The van der Waals surface area contributed by atoms with E-state index in [-0.39, 0.29) is 26.3 Å². The molecule has 1 fully saturated rings. The van der Waals surface area contributed by atoms with Crippen molar-refractivity contribution in [2.24, 2.45) is 11.3 Å². The van der Waals surface area contributed by atoms with E-state index in [4.69, 9.17) is 13.1 Å². The van der Waals surface area contributed by atoms with E-state index >= 15 is 0 Å². The van der Waals surface area contributed by atoms with Gasteiger partial charge >= 0.3 is 6.09 Å². The van der Waals surface area contributed by atoms with Gasteiger partial charge in [-0.3, -0.25) is 8.37 Å². The number of carbonyl (C=O) groups excluding carboxylic acids is 1. The van der Waals surface area contributed by atoms with E-state index in [9.17, 15) is 21.6 Å². The van der Waals surface area contributed by atoms with Crippen LogP contribution in [0.1, 0.15) is 27.7 Å². The molecule has 148 valence electrons. The van der Waals surface area contributed by atoms with Gasteiger partial charge in [0.1, 0.15) is 5.60 Å². The fourth-order valence-electron chi connectivity index (χ4n) is 2.45. The van der Waals surface area contributed by atoms with Crippen LogP contribution in [0.15, 0.2) is 0 Å². The van der Waals surface area contributed by atoms with Crippen LogP contribution >= 0.6 is 0 Å². The lowest BCUT2D eigenvalue weighted by Crippen LogP contribution is -2.38. The maximum atomic E-state index is 12.3. The number of nitrogens with zero attached hydrogens (tertiary/aromatic N) is 1. The highest BCUT2D eigenvalue weighted by atomic mass is 32.2. The standard InChI is InChI=1S/C14H27NO8S2/c1-13(2,3)23-12(16)15-7-11(8-21-24(5,17)18)14(4,9-15)10-22-25(6,19)20/h11H,7-10H2,1-6H3/t11-,14-/m0/s1. The Labute approximate surface area is 149 Å². The van der Waals surface area contributed by atoms with Crippen molar-refractivity contribution >= 4 is 26.3 Å². The SMILES string of the molecule is CC(C)(C)OC(=O)N1C[C@@H](COS(C)(=O)=O)[C@](C)(COS(C)(=O)=O)C1. The fraction of sp³-hybridized carbons (Fsp3) is 0.929. The number of ether oxygens (including phenoxy) is 1. The second-order valence-corrected chi connectivity index (χ2v) is 11.0. The summed E-state index contributed by atoms with van der Waals surface area (Å²) in [6, 6.07) is 0. The summed E-state index contributed by atoms with van der Waals surface area (Å²) < 4.78 is 60.2. The van der Waals surface area contributed by atoms with Gasteiger partial charge in [0.2, 0.25) is 0 Å². The molecule has 0 aromatic carbocycles. The summed E-state index contributed by atoms with van der Waals surface area (Å²) in [5, 5.41) is 0. The second-order valence-electron chi connectivity index (χ2n) is 7.67. The first kappa shape index (κ1) is 22.1. The first-order valence-corrected chi connectivity index (χ1v) is 11.3. The van der Waals surface area contributed by atoms with Crippen LogP contribution in [0.2, 0.25) is 0 Å². The molecule has 0 aliphatic carbocycles. The Hall–Kier alpha value is -0.910. The molecular formula is C14H27NO8S2. The van der Waals surface area contributed by atoms with Crippen LogP contribution in [0.3, 0.4) is 0 Å². The smallest absolute Gasteiger partial charge is 0.410 e. The van der Waals surface area contributed by atoms with Gasteiger partial charge in [-0.05, 0) is 20.8 Å². The minimum atomic E-state index is -3.68. The van der Waals surface area contributed by atoms with Crippen molar-refractivity contribution in [1.29, 1.82) is 0 Å². The van der Waals surface area contributed by atoms with E-state index in [2.05, 4.69) is 0 Å². The van der Waals surface area contributed by atoms with Crippen molar-refractivity contribution < 1.29 is 34.7 Å². The molecule has 0 aromatic heterocycles. The van der Waals surface area contributed by atoms with E-state index in [1.54, 1.807) is 27.7 Å². The molecule has 0 radical (unpaired) electrons. The summed E-state index contributed by atoms with van der Waals surface area (Å²) in [7, 11) is -7.34. The number of rotatable bonds is 6. The van der Waals surface area contributed by atoms with Crippen LogP contribution in [-0.4, -0.2) is 72.2 Å². The number of carbonyl (C=O) groups is 1. The minimum absolute atomic E-state index is 0.162. The predicted octanol–water partition coefficient (Wildman–Crippen LogP) is 0.812. The van der Waals surface area contributed by atoms with E-state index < -0.39 is 43.3 Å². The number of hydrogen-bond acceptors (Lipinski definition) is 8. The van der Waals surface area contributed by atoms with Crippen molar-refractivity contribution in [3.8, 4) is 0 Å². The lowest BCUT2D eigenvalue weighted by atomic mass is 9.81. The molecule has 2 atom stereocenters. The van der Waals surface area contributed by atoms with Crippen molar-refractivity contribution in [2.45, 2.75) is 33.3 Å². The zero-order chi connectivity index (χ0) is 19.7. The summed E-state index contributed by atoms with van der Waals surface area (Å²) in [6.45, 7) is 6.89. The molecule has 9 nitrogen and oxygen atoms in total. The second kappa shape index (κ2) is 7.37. The van der Waals surface area contributed by atoms with Gasteiger partial charge in [-0.15, -0.1) is 0 Å². The van der Waals surface area contributed by atoms with Gasteiger partial charge in [-0.1, -0.05) is 6.92 Å². The highest BCUT2D eigenvalue weighted by Crippen LogP contribution is 2.37. The molecule has 1 aliphatic heterocycles. The predicted molar refractivity (Wildman–Crippen MR) is 91.0 cm³/mol. The molecule has 0 saturated carbocycles. The molecule has 1 rings (SSSR count). The average Bonchev–Trinajstić information content (AvgIpc) is 2.69. The molecule has 0 bridgehead atoms. The molecule has 1 aliphatic rings. The summed E-state index contributed by atoms with van der Waals surface area (Å²) in [5.74, 6) is -0.434. The third-order valence-electron chi connectivity index (χ3n) is 3.72. The van der Waals surface area contributed by atoms with E-state index in [1.807, 2.05) is 0 Å². The first-order chi connectivity index (χ1) is 11.0. The van der Waals surface area contributed by atoms with Crippen LogP contribution in [-0.2, 0) is 33.3 Å². The third kappa shape index (κ3) is 7.89. The molecular weight excluding hydrogens is 374 g/mol. The van der Waals surface area contributed by atoms with Crippen LogP contribution in [0.5, 0.6) is 0 Å². The van der Waals surface area contributed by atoms with Gasteiger partial charge in [0, 0.05) is 24.4 Å². The molecule has 1 amide bonds. The Morgan fingerprint density at radius 2 is 1.64 bits per heavy atom. The van der Waals surface area contributed by atoms with Gasteiger partial charge < -0.3 is 9.64 Å². The largest absolute Gasteiger partial charge is 0.444 e. The van der Waals surface area contributed by atoms with E-state index in [0.29, 0.717) is 0 Å². The van der Waals surface area contributed by atoms with Gasteiger partial charge in [-0.2, -0.15) is 16.8 Å². The maximum absolute atomic E-state index is 12.3. The van der Waals surface area contributed by atoms with Gasteiger partial charge in [0.25, 0.3) is 20.2 Å². The quantitative estimate of drug-likeness (QED) is 0.600. The van der Waals surface area contributed by atoms with Crippen LogP contribution in [0.25, 0.3) is 0 Å². The van der Waals surface area contributed by atoms with Crippen molar-refractivity contribution in [3.05, 3.63) is 0 Å². The Balaban J connectivity index is 2.93. The minimum Gasteiger partial charge on any atom is -0.444 e. The molecule has 0 aromatic rings. The van der Waals surface area contributed by atoms with Crippen molar-refractivity contribution in [3.63, 3.8) is 0 Å². The number of likely N-dealkylation sites (tertiary alicyclic amines) is 1. The molecule has 1 saturated heterocycles. The molecule has 0 spiro atoms. The molecule has 0 unspecified atom stereocenters. The average molecular weight is 402 g/mol. The Morgan fingerprint density at radius 3 is 2.08 bits per heavy atom. The van der Waals surface area contributed by atoms with E-state index in [1.165, 1.54) is 4.90 Å². The first-order valence-electron chi connectivity index (χ1n) is 7.67. The van der Waals surface area contributed by atoms with E-state index in [0.717, 1.165) is 12.5 Å². The van der Waals surface area contributed by atoms with Crippen molar-refractivity contribution in [2.75, 3.05) is 38.8 Å². The van der Waals surface area contributed by atoms with Crippen molar-refractivity contribution in [1.82, 2.24) is 4.90 Å². The van der Waals surface area contributed by atoms with Crippen LogP contribution in [0.4, 0.5) is 4.79 Å². The lowest BCUT2D eigenvalue weighted by molar-refractivity contribution is 0.0266. The molecule has 25 heavy (non-hydrogen) atoms. The highest BCUT2D eigenvalue weighted by Gasteiger charge is 2.47. The zero-order valence-corrected chi connectivity index (χ0v) is 17.1. The molecule has 11 heteroatoms. The van der Waals surface area contributed by atoms with Gasteiger partial charge in [-0.25, -0.2) is 4.79 Å². The molecule has 0 N–H and O–H groups in total. The maximum Gasteiger partial charge on any atom is 0.410 e. The normalized spacial score (nSPS) is 25.2. The van der Waals surface area contributed by atoms with Gasteiger partial charge in [0.15, 0.2) is 0 Å². The summed E-state index contributed by atoms with van der Waals surface area (Å²) in [5.41, 5.74) is -1.48. The zero-order valence-electron chi connectivity index (χ0n) is 15.4. The summed E-state index contributed by atoms with van der Waals surface area (Å²) in [4.78, 5) is 13.7. The lowest BCUT2D eigenvalue weighted by Gasteiger charge is -2.29. The van der Waals surface area contributed by atoms with Gasteiger partial charge in [0.05, 0.1) is 25.7 Å². The fourth-order valence-corrected chi connectivity index (χ4v) is 3.34. The Bertz CT molecular complexity index is 695. The Kier molecular flexibility index (Phi) is 6.53. The topological polar surface area (TPSA) is 116 Å². The van der Waals surface area contributed by atoms with Crippen LogP contribution < -0.4 is 0 Å². The Morgan fingerprint density at radius 1 is 1.12 bits per heavy atom. The van der Waals surface area contributed by atoms with Crippen LogP contribution in [0, 0.1) is 11.3 Å². The monoisotopic (exact) mass is 401 g/mol. The summed E-state index contributed by atoms with van der Waals surface area (Å²) >= 11 is 0. The molecule has 1 heterocycles. The number of amides is 1.